The summed E-state index contributed by atoms with van der Waals surface area (Å²) < 4.78 is 12.9. The summed E-state index contributed by atoms with van der Waals surface area (Å²) in [5, 5.41) is 15.4. The van der Waals surface area contributed by atoms with E-state index in [1.54, 1.807) is 12.1 Å². The lowest BCUT2D eigenvalue weighted by Gasteiger charge is -2.14. The van der Waals surface area contributed by atoms with Crippen molar-refractivity contribution in [3.8, 4) is 0 Å². The number of benzene rings is 3. The fraction of sp³-hybridized carbons (Fsp3) is 0.190. The first-order valence-corrected chi connectivity index (χ1v) is 8.30. The van der Waals surface area contributed by atoms with Gasteiger partial charge in [0.25, 0.3) is 0 Å². The first kappa shape index (κ1) is 17.1. The Morgan fingerprint density at radius 2 is 1.72 bits per heavy atom. The third kappa shape index (κ3) is 4.43. The summed E-state index contributed by atoms with van der Waals surface area (Å²) in [4.78, 5) is 11.9. The van der Waals surface area contributed by atoms with Gasteiger partial charge in [-0.1, -0.05) is 54.6 Å². The third-order valence-electron chi connectivity index (χ3n) is 4.20. The SMILES string of the molecule is O=C(Cc1ccc(F)cc1)NCCC(O)c1cccc2ccccc12. The fourth-order valence-corrected chi connectivity index (χ4v) is 2.89. The number of nitrogens with one attached hydrogen (secondary N) is 1. The van der Waals surface area contributed by atoms with Gasteiger partial charge in [0.05, 0.1) is 12.5 Å². The molecular formula is C21H20FNO2. The summed E-state index contributed by atoms with van der Waals surface area (Å²) >= 11 is 0. The van der Waals surface area contributed by atoms with Crippen LogP contribution in [0.5, 0.6) is 0 Å². The first-order valence-electron chi connectivity index (χ1n) is 8.30. The monoisotopic (exact) mass is 337 g/mol. The van der Waals surface area contributed by atoms with Gasteiger partial charge in [-0.2, -0.15) is 0 Å². The van der Waals surface area contributed by atoms with Gasteiger partial charge in [-0.05, 0) is 40.5 Å². The molecule has 3 rings (SSSR count). The minimum Gasteiger partial charge on any atom is -0.388 e. The molecule has 1 amide bonds. The molecule has 128 valence electrons. The van der Waals surface area contributed by atoms with Crippen LogP contribution in [0, 0.1) is 5.82 Å². The Hall–Kier alpha value is -2.72. The maximum atomic E-state index is 12.9. The van der Waals surface area contributed by atoms with E-state index < -0.39 is 6.10 Å². The Labute approximate surface area is 146 Å². The van der Waals surface area contributed by atoms with Crippen LogP contribution < -0.4 is 5.32 Å². The molecule has 0 aromatic heterocycles. The van der Waals surface area contributed by atoms with Crippen LogP contribution >= 0.6 is 0 Å². The lowest BCUT2D eigenvalue weighted by Crippen LogP contribution is -2.27. The number of carbonyl (C=O) groups excluding carboxylic acids is 1. The van der Waals surface area contributed by atoms with E-state index in [2.05, 4.69) is 5.32 Å². The number of aliphatic hydroxyl groups is 1. The molecule has 0 radical (unpaired) electrons. The molecule has 0 aliphatic carbocycles. The highest BCUT2D eigenvalue weighted by Crippen LogP contribution is 2.25. The van der Waals surface area contributed by atoms with Crippen LogP contribution in [0.15, 0.2) is 66.7 Å². The molecule has 1 unspecified atom stereocenters. The Morgan fingerprint density at radius 1 is 1.00 bits per heavy atom. The number of aliphatic hydroxyl groups excluding tert-OH is 1. The van der Waals surface area contributed by atoms with E-state index >= 15 is 0 Å². The van der Waals surface area contributed by atoms with Crippen molar-refractivity contribution in [1.82, 2.24) is 5.32 Å². The van der Waals surface area contributed by atoms with Crippen molar-refractivity contribution in [3.63, 3.8) is 0 Å². The van der Waals surface area contributed by atoms with E-state index in [4.69, 9.17) is 0 Å². The minimum atomic E-state index is -0.641. The highest BCUT2D eigenvalue weighted by Gasteiger charge is 2.11. The number of fused-ring (bicyclic) bond motifs is 1. The predicted octanol–water partition coefficient (Wildman–Crippen LogP) is 3.76. The van der Waals surface area contributed by atoms with Crippen molar-refractivity contribution >= 4 is 16.7 Å². The van der Waals surface area contributed by atoms with Gasteiger partial charge < -0.3 is 10.4 Å². The summed E-state index contributed by atoms with van der Waals surface area (Å²) in [5.74, 6) is -0.459. The van der Waals surface area contributed by atoms with Gasteiger partial charge in [0.1, 0.15) is 5.82 Å². The lowest BCUT2D eigenvalue weighted by atomic mass is 9.99. The molecule has 0 aliphatic rings. The van der Waals surface area contributed by atoms with Crippen molar-refractivity contribution in [1.29, 1.82) is 0 Å². The molecule has 0 fully saturated rings. The zero-order valence-electron chi connectivity index (χ0n) is 13.8. The van der Waals surface area contributed by atoms with Crippen LogP contribution in [0.1, 0.15) is 23.7 Å². The van der Waals surface area contributed by atoms with Crippen LogP contribution in [0.25, 0.3) is 10.8 Å². The number of carbonyl (C=O) groups is 1. The largest absolute Gasteiger partial charge is 0.388 e. The standard InChI is InChI=1S/C21H20FNO2/c22-17-10-8-15(9-11-17)14-21(25)23-13-12-20(24)19-7-3-5-16-4-1-2-6-18(16)19/h1-11,20,24H,12-14H2,(H,23,25). The van der Waals surface area contributed by atoms with Crippen LogP contribution in [-0.4, -0.2) is 17.6 Å². The molecule has 0 saturated heterocycles. The Balaban J connectivity index is 1.54. The van der Waals surface area contributed by atoms with Gasteiger partial charge >= 0.3 is 0 Å². The van der Waals surface area contributed by atoms with Crippen LogP contribution in [0.3, 0.4) is 0 Å². The molecule has 4 heteroatoms. The second kappa shape index (κ2) is 7.90. The molecule has 0 saturated carbocycles. The molecule has 1 atom stereocenters. The number of hydrogen-bond donors (Lipinski definition) is 2. The van der Waals surface area contributed by atoms with Gasteiger partial charge in [-0.3, -0.25) is 4.79 Å². The van der Waals surface area contributed by atoms with Crippen LogP contribution in [-0.2, 0) is 11.2 Å². The normalized spacial score (nSPS) is 12.1. The molecule has 3 nitrogen and oxygen atoms in total. The molecule has 0 spiro atoms. The van der Waals surface area contributed by atoms with Gasteiger partial charge in [0, 0.05) is 6.54 Å². The van der Waals surface area contributed by atoms with Crippen molar-refractivity contribution in [2.75, 3.05) is 6.54 Å². The summed E-state index contributed by atoms with van der Waals surface area (Å²) in [6, 6.07) is 19.6. The van der Waals surface area contributed by atoms with Gasteiger partial charge in [-0.25, -0.2) is 4.39 Å². The molecule has 25 heavy (non-hydrogen) atoms. The molecule has 3 aromatic carbocycles. The summed E-state index contributed by atoms with van der Waals surface area (Å²) in [6.07, 6.45) is -0.00872. The third-order valence-corrected chi connectivity index (χ3v) is 4.20. The van der Waals surface area contributed by atoms with E-state index in [0.717, 1.165) is 21.9 Å². The van der Waals surface area contributed by atoms with Crippen LogP contribution in [0.4, 0.5) is 4.39 Å². The van der Waals surface area contributed by atoms with Crippen molar-refractivity contribution < 1.29 is 14.3 Å². The van der Waals surface area contributed by atoms with E-state index in [-0.39, 0.29) is 18.1 Å². The molecule has 3 aromatic rings. The summed E-state index contributed by atoms with van der Waals surface area (Å²) in [6.45, 7) is 0.379. The van der Waals surface area contributed by atoms with Crippen molar-refractivity contribution in [2.24, 2.45) is 0 Å². The zero-order chi connectivity index (χ0) is 17.6. The quantitative estimate of drug-likeness (QED) is 0.719. The molecule has 0 aliphatic heterocycles. The molecule has 0 heterocycles. The van der Waals surface area contributed by atoms with Gasteiger partial charge in [0.15, 0.2) is 0 Å². The van der Waals surface area contributed by atoms with Gasteiger partial charge in [-0.15, -0.1) is 0 Å². The highest BCUT2D eigenvalue weighted by atomic mass is 19.1. The fourth-order valence-electron chi connectivity index (χ4n) is 2.89. The van der Waals surface area contributed by atoms with E-state index in [1.165, 1.54) is 12.1 Å². The predicted molar refractivity (Wildman–Crippen MR) is 96.6 cm³/mol. The highest BCUT2D eigenvalue weighted by molar-refractivity contribution is 5.86. The molecular weight excluding hydrogens is 317 g/mol. The summed E-state index contributed by atoms with van der Waals surface area (Å²) in [5.41, 5.74) is 1.62. The number of halogens is 1. The molecule has 0 bridgehead atoms. The smallest absolute Gasteiger partial charge is 0.224 e. The summed E-state index contributed by atoms with van der Waals surface area (Å²) in [7, 11) is 0. The number of hydrogen-bond acceptors (Lipinski definition) is 2. The van der Waals surface area contributed by atoms with E-state index in [1.807, 2.05) is 42.5 Å². The zero-order valence-corrected chi connectivity index (χ0v) is 13.8. The maximum Gasteiger partial charge on any atom is 0.224 e. The topological polar surface area (TPSA) is 49.3 Å². The Bertz CT molecular complexity index is 856. The first-order chi connectivity index (χ1) is 12.1. The lowest BCUT2D eigenvalue weighted by molar-refractivity contribution is -0.120. The van der Waals surface area contributed by atoms with Crippen molar-refractivity contribution in [3.05, 3.63) is 83.7 Å². The minimum absolute atomic E-state index is 0.142. The number of rotatable bonds is 6. The average molecular weight is 337 g/mol. The number of amides is 1. The second-order valence-corrected chi connectivity index (χ2v) is 6.03. The molecule has 2 N–H and O–H groups in total. The Kier molecular flexibility index (Phi) is 5.41. The van der Waals surface area contributed by atoms with Crippen molar-refractivity contribution in [2.45, 2.75) is 18.9 Å². The van der Waals surface area contributed by atoms with Crippen LogP contribution in [0.2, 0.25) is 0 Å². The maximum absolute atomic E-state index is 12.9. The Morgan fingerprint density at radius 3 is 2.52 bits per heavy atom. The van der Waals surface area contributed by atoms with E-state index in [0.29, 0.717) is 13.0 Å². The van der Waals surface area contributed by atoms with E-state index in [9.17, 15) is 14.3 Å². The van der Waals surface area contributed by atoms with Gasteiger partial charge in [0.2, 0.25) is 5.91 Å². The second-order valence-electron chi connectivity index (χ2n) is 6.03. The average Bonchev–Trinajstić information content (AvgIpc) is 2.63.